The number of hydrogen-bond donors (Lipinski definition) is 1. The monoisotopic (exact) mass is 412 g/mol. The summed E-state index contributed by atoms with van der Waals surface area (Å²) in [6, 6.07) is 19.8. The molecular formula is C21H21ClN4OS. The van der Waals surface area contributed by atoms with E-state index in [2.05, 4.69) is 15.6 Å². The van der Waals surface area contributed by atoms with Gasteiger partial charge in [-0.2, -0.15) is 10.2 Å². The molecule has 0 spiro atoms. The summed E-state index contributed by atoms with van der Waals surface area (Å²) in [5.74, 6) is 0.620. The number of para-hydroxylation sites is 1. The van der Waals surface area contributed by atoms with Gasteiger partial charge in [-0.3, -0.25) is 4.79 Å². The van der Waals surface area contributed by atoms with Crippen molar-refractivity contribution in [2.24, 2.45) is 5.10 Å². The minimum absolute atomic E-state index is 0.151. The van der Waals surface area contributed by atoms with Crippen LogP contribution in [0.5, 0.6) is 0 Å². The number of aromatic nitrogens is 2. The number of carbonyl (C=O) groups is 1. The van der Waals surface area contributed by atoms with Gasteiger partial charge in [-0.15, -0.1) is 11.8 Å². The SMILES string of the molecule is Cc1c(/C=N\NC(=O)C(C)SCc2ccccc2)c(Cl)nn1-c1ccccc1. The predicted octanol–water partition coefficient (Wildman–Crippen LogP) is 4.61. The number of hydrogen-bond acceptors (Lipinski definition) is 4. The molecule has 3 rings (SSSR count). The molecule has 1 unspecified atom stereocenters. The second kappa shape index (κ2) is 9.57. The van der Waals surface area contributed by atoms with Gasteiger partial charge < -0.3 is 0 Å². The van der Waals surface area contributed by atoms with Crippen molar-refractivity contribution in [1.29, 1.82) is 0 Å². The highest BCUT2D eigenvalue weighted by atomic mass is 35.5. The van der Waals surface area contributed by atoms with Crippen molar-refractivity contribution in [2.45, 2.75) is 24.9 Å². The number of nitrogens with one attached hydrogen (secondary N) is 1. The lowest BCUT2D eigenvalue weighted by Crippen LogP contribution is -2.27. The minimum Gasteiger partial charge on any atom is -0.272 e. The van der Waals surface area contributed by atoms with Crippen molar-refractivity contribution in [3.63, 3.8) is 0 Å². The lowest BCUT2D eigenvalue weighted by molar-refractivity contribution is -0.120. The molecule has 3 aromatic rings. The first-order chi connectivity index (χ1) is 13.6. The van der Waals surface area contributed by atoms with E-state index in [1.807, 2.05) is 74.5 Å². The van der Waals surface area contributed by atoms with Crippen LogP contribution in [0.3, 0.4) is 0 Å². The zero-order valence-corrected chi connectivity index (χ0v) is 17.2. The number of thioether (sulfide) groups is 1. The molecule has 7 heteroatoms. The lowest BCUT2D eigenvalue weighted by Gasteiger charge is -2.09. The van der Waals surface area contributed by atoms with Gasteiger partial charge in [-0.05, 0) is 31.5 Å². The van der Waals surface area contributed by atoms with E-state index < -0.39 is 0 Å². The molecule has 2 aromatic carbocycles. The third-order valence-corrected chi connectivity index (χ3v) is 5.69. The van der Waals surface area contributed by atoms with Crippen LogP contribution in [0.2, 0.25) is 5.15 Å². The van der Waals surface area contributed by atoms with Gasteiger partial charge in [-0.25, -0.2) is 10.1 Å². The predicted molar refractivity (Wildman–Crippen MR) is 116 cm³/mol. The second-order valence-corrected chi connectivity index (χ2v) is 7.90. The normalized spacial score (nSPS) is 12.2. The highest BCUT2D eigenvalue weighted by Crippen LogP contribution is 2.21. The Morgan fingerprint density at radius 2 is 1.86 bits per heavy atom. The fourth-order valence-corrected chi connectivity index (χ4v) is 3.67. The van der Waals surface area contributed by atoms with Crippen molar-refractivity contribution in [3.8, 4) is 5.69 Å². The molecule has 0 radical (unpaired) electrons. The number of carbonyl (C=O) groups excluding carboxylic acids is 1. The third-order valence-electron chi connectivity index (χ3n) is 4.20. The first-order valence-electron chi connectivity index (χ1n) is 8.85. The maximum Gasteiger partial charge on any atom is 0.252 e. The summed E-state index contributed by atoms with van der Waals surface area (Å²) in [6.07, 6.45) is 1.54. The Kier molecular flexibility index (Phi) is 6.90. The van der Waals surface area contributed by atoms with Crippen LogP contribution in [-0.4, -0.2) is 27.2 Å². The van der Waals surface area contributed by atoms with E-state index in [-0.39, 0.29) is 11.2 Å². The van der Waals surface area contributed by atoms with Gasteiger partial charge in [0.2, 0.25) is 0 Å². The Morgan fingerprint density at radius 3 is 2.54 bits per heavy atom. The van der Waals surface area contributed by atoms with E-state index in [0.717, 1.165) is 17.1 Å². The Hall–Kier alpha value is -2.57. The molecule has 1 amide bonds. The second-order valence-electron chi connectivity index (χ2n) is 6.21. The summed E-state index contributed by atoms with van der Waals surface area (Å²) in [5, 5.41) is 8.54. The average Bonchev–Trinajstić information content (AvgIpc) is 3.01. The molecule has 0 aliphatic rings. The standard InChI is InChI=1S/C21H21ClN4OS/c1-15-19(20(22)25-26(15)18-11-7-4-8-12-18)13-23-24-21(27)16(2)28-14-17-9-5-3-6-10-17/h3-13,16H,14H2,1-2H3,(H,24,27)/b23-13-. The summed E-state index contributed by atoms with van der Waals surface area (Å²) < 4.78 is 1.75. The fourth-order valence-electron chi connectivity index (χ4n) is 2.57. The van der Waals surface area contributed by atoms with Crippen LogP contribution >= 0.6 is 23.4 Å². The summed E-state index contributed by atoms with van der Waals surface area (Å²) in [5.41, 5.74) is 6.21. The summed E-state index contributed by atoms with van der Waals surface area (Å²) in [7, 11) is 0. The zero-order chi connectivity index (χ0) is 19.9. The number of hydrazone groups is 1. The molecule has 0 fully saturated rings. The quantitative estimate of drug-likeness (QED) is 0.455. The Balaban J connectivity index is 1.60. The Bertz CT molecular complexity index is 957. The third kappa shape index (κ3) is 5.03. The van der Waals surface area contributed by atoms with Gasteiger partial charge in [0.05, 0.1) is 28.4 Å². The average molecular weight is 413 g/mol. The number of rotatable bonds is 7. The maximum absolute atomic E-state index is 12.3. The largest absolute Gasteiger partial charge is 0.272 e. The van der Waals surface area contributed by atoms with Gasteiger partial charge >= 0.3 is 0 Å². The molecule has 0 aliphatic carbocycles. The zero-order valence-electron chi connectivity index (χ0n) is 15.7. The van der Waals surface area contributed by atoms with E-state index >= 15 is 0 Å². The molecule has 28 heavy (non-hydrogen) atoms. The highest BCUT2D eigenvalue weighted by molar-refractivity contribution is 7.99. The molecule has 0 saturated carbocycles. The van der Waals surface area contributed by atoms with Crippen molar-refractivity contribution in [2.75, 3.05) is 0 Å². The smallest absolute Gasteiger partial charge is 0.252 e. The number of amides is 1. The van der Waals surface area contributed by atoms with Crippen molar-refractivity contribution >= 4 is 35.5 Å². The first-order valence-corrected chi connectivity index (χ1v) is 10.3. The van der Waals surface area contributed by atoms with E-state index in [9.17, 15) is 4.79 Å². The number of nitrogens with zero attached hydrogens (tertiary/aromatic N) is 3. The van der Waals surface area contributed by atoms with Crippen LogP contribution in [0, 0.1) is 6.92 Å². The molecule has 1 aromatic heterocycles. The molecule has 0 saturated heterocycles. The molecule has 0 bridgehead atoms. The number of halogens is 1. The topological polar surface area (TPSA) is 59.3 Å². The van der Waals surface area contributed by atoms with Crippen LogP contribution in [0.4, 0.5) is 0 Å². The van der Waals surface area contributed by atoms with Crippen molar-refractivity contribution < 1.29 is 4.79 Å². The van der Waals surface area contributed by atoms with Gasteiger partial charge in [0, 0.05) is 5.75 Å². The summed E-state index contributed by atoms with van der Waals surface area (Å²) >= 11 is 7.82. The molecular weight excluding hydrogens is 392 g/mol. The lowest BCUT2D eigenvalue weighted by atomic mass is 10.2. The van der Waals surface area contributed by atoms with E-state index in [0.29, 0.717) is 10.7 Å². The van der Waals surface area contributed by atoms with E-state index in [1.165, 1.54) is 11.8 Å². The van der Waals surface area contributed by atoms with Crippen molar-refractivity contribution in [3.05, 3.63) is 82.6 Å². The number of benzene rings is 2. The highest BCUT2D eigenvalue weighted by Gasteiger charge is 2.14. The van der Waals surface area contributed by atoms with E-state index in [1.54, 1.807) is 16.4 Å². The Morgan fingerprint density at radius 1 is 1.21 bits per heavy atom. The van der Waals surface area contributed by atoms with Crippen LogP contribution in [0.25, 0.3) is 5.69 Å². The summed E-state index contributed by atoms with van der Waals surface area (Å²) in [6.45, 7) is 3.78. The molecule has 1 N–H and O–H groups in total. The maximum atomic E-state index is 12.3. The van der Waals surface area contributed by atoms with Gasteiger partial charge in [0.1, 0.15) is 0 Å². The molecule has 1 atom stereocenters. The molecule has 0 aliphatic heterocycles. The molecule has 144 valence electrons. The minimum atomic E-state index is -0.221. The van der Waals surface area contributed by atoms with Gasteiger partial charge in [-0.1, -0.05) is 60.1 Å². The fraction of sp³-hybridized carbons (Fsp3) is 0.190. The van der Waals surface area contributed by atoms with Crippen molar-refractivity contribution in [1.82, 2.24) is 15.2 Å². The van der Waals surface area contributed by atoms with Gasteiger partial charge in [0.25, 0.3) is 5.91 Å². The van der Waals surface area contributed by atoms with Gasteiger partial charge in [0.15, 0.2) is 5.15 Å². The van der Waals surface area contributed by atoms with Crippen LogP contribution in [0.15, 0.2) is 65.8 Å². The molecule has 1 heterocycles. The first kappa shape index (κ1) is 20.2. The van der Waals surface area contributed by atoms with Crippen LogP contribution in [-0.2, 0) is 10.5 Å². The van der Waals surface area contributed by atoms with E-state index in [4.69, 9.17) is 11.6 Å². The Labute approximate surface area is 173 Å². The van der Waals surface area contributed by atoms with Crippen LogP contribution < -0.4 is 5.43 Å². The van der Waals surface area contributed by atoms with Crippen LogP contribution in [0.1, 0.15) is 23.7 Å². The summed E-state index contributed by atoms with van der Waals surface area (Å²) in [4.78, 5) is 12.3. The molecule has 5 nitrogen and oxygen atoms in total.